The van der Waals surface area contributed by atoms with Crippen molar-refractivity contribution in [2.24, 2.45) is 5.73 Å². The van der Waals surface area contributed by atoms with Crippen LogP contribution in [0.4, 0.5) is 0 Å². The zero-order chi connectivity index (χ0) is 17.6. The number of carboxylic acid groups (broad SMARTS) is 1. The van der Waals surface area contributed by atoms with Crippen LogP contribution >= 0.6 is 11.8 Å². The van der Waals surface area contributed by atoms with Crippen LogP contribution in [0.1, 0.15) is 25.5 Å². The molecular weight excluding hydrogens is 330 g/mol. The van der Waals surface area contributed by atoms with Crippen LogP contribution in [0.3, 0.4) is 0 Å². The Hall–Kier alpha value is -2.06. The SMILES string of the molecule is CC1(C)S[C@H]2[C@H](NC(=O)[C@@H](N)c3ccccc3)C(=O)N2[C@@H]1C(=O)O. The van der Waals surface area contributed by atoms with Gasteiger partial charge in [-0.3, -0.25) is 9.59 Å². The number of β-lactam (4-membered cyclic amide) rings is 1. The molecule has 4 N–H and O–H groups in total. The summed E-state index contributed by atoms with van der Waals surface area (Å²) in [6.45, 7) is 3.58. The molecule has 0 spiro atoms. The van der Waals surface area contributed by atoms with Crippen molar-refractivity contribution < 1.29 is 19.5 Å². The summed E-state index contributed by atoms with van der Waals surface area (Å²) in [4.78, 5) is 37.5. The van der Waals surface area contributed by atoms with E-state index >= 15 is 0 Å². The van der Waals surface area contributed by atoms with Crippen molar-refractivity contribution in [1.29, 1.82) is 0 Å². The number of amides is 2. The number of nitrogens with two attached hydrogens (primary N) is 1. The van der Waals surface area contributed by atoms with E-state index in [1.165, 1.54) is 16.7 Å². The molecule has 3 rings (SSSR count). The number of nitrogens with zero attached hydrogens (tertiary/aromatic N) is 1. The second-order valence-electron chi connectivity index (χ2n) is 6.47. The van der Waals surface area contributed by atoms with Gasteiger partial charge in [-0.25, -0.2) is 4.79 Å². The molecule has 1 aromatic carbocycles. The number of aliphatic carboxylic acids is 1. The number of carbonyl (C=O) groups is 3. The van der Waals surface area contributed by atoms with E-state index < -0.39 is 34.7 Å². The molecule has 0 radical (unpaired) electrons. The third-order valence-electron chi connectivity index (χ3n) is 4.41. The molecule has 7 nitrogen and oxygen atoms in total. The Labute approximate surface area is 143 Å². The monoisotopic (exact) mass is 349 g/mol. The van der Waals surface area contributed by atoms with Gasteiger partial charge < -0.3 is 21.1 Å². The van der Waals surface area contributed by atoms with Crippen LogP contribution in [0.5, 0.6) is 0 Å². The fourth-order valence-electron chi connectivity index (χ4n) is 3.20. The van der Waals surface area contributed by atoms with E-state index in [-0.39, 0.29) is 11.3 Å². The number of carbonyl (C=O) groups excluding carboxylic acids is 2. The lowest BCUT2D eigenvalue weighted by Crippen LogP contribution is -2.71. The molecule has 4 atom stereocenters. The number of hydrogen-bond acceptors (Lipinski definition) is 5. The van der Waals surface area contributed by atoms with Crippen LogP contribution in [-0.4, -0.2) is 50.0 Å². The van der Waals surface area contributed by atoms with Crippen LogP contribution in [-0.2, 0) is 14.4 Å². The van der Waals surface area contributed by atoms with E-state index in [1.54, 1.807) is 38.1 Å². The molecule has 24 heavy (non-hydrogen) atoms. The van der Waals surface area contributed by atoms with Gasteiger partial charge in [0.15, 0.2) is 0 Å². The van der Waals surface area contributed by atoms with Crippen molar-refractivity contribution in [2.75, 3.05) is 0 Å². The Bertz CT molecular complexity index is 694. The minimum absolute atomic E-state index is 0.375. The largest absolute Gasteiger partial charge is 0.480 e. The number of benzene rings is 1. The predicted octanol–water partition coefficient (Wildman–Crippen LogP) is 0.318. The molecular formula is C16H19N3O4S. The van der Waals surface area contributed by atoms with E-state index in [2.05, 4.69) is 5.32 Å². The van der Waals surface area contributed by atoms with Crippen molar-refractivity contribution in [3.63, 3.8) is 0 Å². The van der Waals surface area contributed by atoms with Gasteiger partial charge in [0.25, 0.3) is 0 Å². The summed E-state index contributed by atoms with van der Waals surface area (Å²) in [7, 11) is 0. The van der Waals surface area contributed by atoms with Crippen LogP contribution in [0.25, 0.3) is 0 Å². The molecule has 0 aliphatic carbocycles. The van der Waals surface area contributed by atoms with Gasteiger partial charge >= 0.3 is 5.97 Å². The summed E-state index contributed by atoms with van der Waals surface area (Å²) in [5.74, 6) is -1.86. The first-order valence-electron chi connectivity index (χ1n) is 7.58. The van der Waals surface area contributed by atoms with E-state index in [1.807, 2.05) is 6.07 Å². The number of hydrogen-bond donors (Lipinski definition) is 3. The molecule has 0 unspecified atom stereocenters. The van der Waals surface area contributed by atoms with Crippen molar-refractivity contribution >= 4 is 29.5 Å². The van der Waals surface area contributed by atoms with Crippen LogP contribution in [0.2, 0.25) is 0 Å². The lowest BCUT2D eigenvalue weighted by Gasteiger charge is -2.43. The highest BCUT2D eigenvalue weighted by molar-refractivity contribution is 8.01. The van der Waals surface area contributed by atoms with Crippen LogP contribution in [0, 0.1) is 0 Å². The Balaban J connectivity index is 1.71. The number of rotatable bonds is 4. The molecule has 0 aromatic heterocycles. The van der Waals surface area contributed by atoms with E-state index in [9.17, 15) is 19.5 Å². The minimum Gasteiger partial charge on any atom is -0.480 e. The van der Waals surface area contributed by atoms with Gasteiger partial charge in [-0.05, 0) is 19.4 Å². The molecule has 0 saturated carbocycles. The molecule has 8 heteroatoms. The second kappa shape index (κ2) is 5.78. The van der Waals surface area contributed by atoms with E-state index in [0.717, 1.165) is 0 Å². The number of thioether (sulfide) groups is 1. The molecule has 0 bridgehead atoms. The molecule has 2 heterocycles. The summed E-state index contributed by atoms with van der Waals surface area (Å²) in [5.41, 5.74) is 6.59. The normalized spacial score (nSPS) is 28.7. The van der Waals surface area contributed by atoms with Gasteiger partial charge in [0, 0.05) is 4.75 Å². The number of carboxylic acids is 1. The fraction of sp³-hybridized carbons (Fsp3) is 0.438. The standard InChI is InChI=1S/C16H19N3O4S/c1-16(2)11(15(22)23)19-13(21)10(14(19)24-16)18-12(20)9(17)8-6-4-3-5-7-8/h3-7,9-11,14H,17H2,1-2H3,(H,18,20)(H,22,23)/t9-,10+,11+,14-/m0/s1. The Morgan fingerprint density at radius 2 is 1.96 bits per heavy atom. The van der Waals surface area contributed by atoms with Gasteiger partial charge in [0.2, 0.25) is 11.8 Å². The molecule has 2 saturated heterocycles. The number of nitrogens with one attached hydrogen (secondary N) is 1. The predicted molar refractivity (Wildman–Crippen MR) is 89.0 cm³/mol. The highest BCUT2D eigenvalue weighted by Gasteiger charge is 2.64. The van der Waals surface area contributed by atoms with Crippen molar-refractivity contribution in [1.82, 2.24) is 10.2 Å². The molecule has 2 aliphatic rings. The summed E-state index contributed by atoms with van der Waals surface area (Å²) in [5, 5.41) is 11.7. The Kier molecular flexibility index (Phi) is 4.05. The smallest absolute Gasteiger partial charge is 0.327 e. The maximum atomic E-state index is 12.3. The van der Waals surface area contributed by atoms with Crippen molar-refractivity contribution in [2.45, 2.75) is 42.1 Å². The highest BCUT2D eigenvalue weighted by Crippen LogP contribution is 2.50. The summed E-state index contributed by atoms with van der Waals surface area (Å²) in [6.07, 6.45) is 0. The maximum Gasteiger partial charge on any atom is 0.327 e. The average molecular weight is 349 g/mol. The summed E-state index contributed by atoms with van der Waals surface area (Å²) in [6, 6.07) is 6.38. The summed E-state index contributed by atoms with van der Waals surface area (Å²) >= 11 is 1.38. The molecule has 1 aromatic rings. The molecule has 2 fully saturated rings. The molecule has 2 amide bonds. The number of fused-ring (bicyclic) bond motifs is 1. The van der Waals surface area contributed by atoms with Gasteiger partial charge in [-0.1, -0.05) is 30.3 Å². The Morgan fingerprint density at radius 1 is 1.33 bits per heavy atom. The average Bonchev–Trinajstić information content (AvgIpc) is 2.80. The third-order valence-corrected chi connectivity index (χ3v) is 5.99. The first-order valence-corrected chi connectivity index (χ1v) is 8.45. The maximum absolute atomic E-state index is 12.3. The second-order valence-corrected chi connectivity index (χ2v) is 8.24. The van der Waals surface area contributed by atoms with Crippen molar-refractivity contribution in [3.05, 3.63) is 35.9 Å². The molecule has 2 aliphatic heterocycles. The topological polar surface area (TPSA) is 113 Å². The minimum atomic E-state index is -1.03. The third kappa shape index (κ3) is 2.55. The Morgan fingerprint density at radius 3 is 2.54 bits per heavy atom. The van der Waals surface area contributed by atoms with Gasteiger partial charge in [-0.2, -0.15) is 0 Å². The van der Waals surface area contributed by atoms with E-state index in [0.29, 0.717) is 5.56 Å². The lowest BCUT2D eigenvalue weighted by atomic mass is 9.95. The zero-order valence-electron chi connectivity index (χ0n) is 13.3. The first kappa shape index (κ1) is 16.8. The molecule has 128 valence electrons. The lowest BCUT2D eigenvalue weighted by molar-refractivity contribution is -0.161. The van der Waals surface area contributed by atoms with Gasteiger partial charge in [0.1, 0.15) is 23.5 Å². The van der Waals surface area contributed by atoms with Crippen LogP contribution in [0.15, 0.2) is 30.3 Å². The summed E-state index contributed by atoms with van der Waals surface area (Å²) < 4.78 is -0.618. The fourth-order valence-corrected chi connectivity index (χ4v) is 4.83. The highest BCUT2D eigenvalue weighted by atomic mass is 32.2. The van der Waals surface area contributed by atoms with Crippen molar-refractivity contribution in [3.8, 4) is 0 Å². The van der Waals surface area contributed by atoms with Gasteiger partial charge in [-0.15, -0.1) is 11.8 Å². The van der Waals surface area contributed by atoms with Gasteiger partial charge in [0.05, 0.1) is 0 Å². The quantitative estimate of drug-likeness (QED) is 0.675. The first-order chi connectivity index (χ1) is 11.2. The van der Waals surface area contributed by atoms with E-state index in [4.69, 9.17) is 5.73 Å². The van der Waals surface area contributed by atoms with Crippen LogP contribution < -0.4 is 11.1 Å². The zero-order valence-corrected chi connectivity index (χ0v) is 14.1.